The highest BCUT2D eigenvalue weighted by atomic mass is 35.5. The van der Waals surface area contributed by atoms with Gasteiger partial charge in [0.1, 0.15) is 5.75 Å². The lowest BCUT2D eigenvalue weighted by molar-refractivity contribution is 0.317. The molecule has 16 heavy (non-hydrogen) atoms. The average molecular weight is 241 g/mol. The number of rotatable bonds is 1. The number of nitrogens with two attached hydrogens (primary N) is 1. The Morgan fingerprint density at radius 1 is 1.38 bits per heavy atom. The molecule has 0 unspecified atom stereocenters. The van der Waals surface area contributed by atoms with Gasteiger partial charge in [-0.2, -0.15) is 5.26 Å². The van der Waals surface area contributed by atoms with E-state index in [2.05, 4.69) is 0 Å². The fourth-order valence-electron chi connectivity index (χ4n) is 1.34. The highest BCUT2D eigenvalue weighted by molar-refractivity contribution is 5.85. The lowest BCUT2D eigenvalue weighted by Gasteiger charge is -2.27. The first-order valence-corrected chi connectivity index (χ1v) is 4.85. The van der Waals surface area contributed by atoms with Crippen molar-refractivity contribution in [2.24, 2.45) is 11.1 Å². The molecule has 0 saturated carbocycles. The van der Waals surface area contributed by atoms with Crippen LogP contribution in [0.5, 0.6) is 5.75 Å². The van der Waals surface area contributed by atoms with Crippen molar-refractivity contribution in [3.63, 3.8) is 0 Å². The molecule has 0 aromatic heterocycles. The molecule has 4 heteroatoms. The Balaban J connectivity index is 0.00000225. The first-order valence-electron chi connectivity index (χ1n) is 4.85. The van der Waals surface area contributed by atoms with Gasteiger partial charge < -0.3 is 10.8 Å². The first kappa shape index (κ1) is 14.8. The largest absolute Gasteiger partial charge is 0.508 e. The van der Waals surface area contributed by atoms with Crippen LogP contribution in [0.1, 0.15) is 37.9 Å². The molecule has 1 atom stereocenters. The van der Waals surface area contributed by atoms with E-state index >= 15 is 0 Å². The monoisotopic (exact) mass is 240 g/mol. The number of nitrogens with zero attached hydrogens (tertiary/aromatic N) is 1. The van der Waals surface area contributed by atoms with Crippen LogP contribution in [0, 0.1) is 16.7 Å². The number of aromatic hydroxyl groups is 1. The Hall–Kier alpha value is -1.24. The fraction of sp³-hybridized carbons (Fsp3) is 0.417. The number of benzene rings is 1. The Kier molecular flexibility index (Phi) is 4.80. The number of hydrogen-bond acceptors (Lipinski definition) is 3. The minimum Gasteiger partial charge on any atom is -0.508 e. The predicted molar refractivity (Wildman–Crippen MR) is 66.5 cm³/mol. The van der Waals surface area contributed by atoms with E-state index in [0.717, 1.165) is 0 Å². The molecule has 0 radical (unpaired) electrons. The van der Waals surface area contributed by atoms with Gasteiger partial charge in [-0.15, -0.1) is 12.4 Å². The van der Waals surface area contributed by atoms with E-state index in [1.807, 2.05) is 26.8 Å². The average Bonchev–Trinajstić information content (AvgIpc) is 2.16. The van der Waals surface area contributed by atoms with Gasteiger partial charge in [0.25, 0.3) is 0 Å². The van der Waals surface area contributed by atoms with Crippen molar-refractivity contribution in [3.05, 3.63) is 29.3 Å². The van der Waals surface area contributed by atoms with Gasteiger partial charge in [0.05, 0.1) is 11.6 Å². The van der Waals surface area contributed by atoms with E-state index in [1.54, 1.807) is 12.1 Å². The Morgan fingerprint density at radius 2 is 1.94 bits per heavy atom. The number of halogens is 1. The zero-order valence-corrected chi connectivity index (χ0v) is 10.5. The van der Waals surface area contributed by atoms with Gasteiger partial charge >= 0.3 is 0 Å². The molecule has 1 rings (SSSR count). The summed E-state index contributed by atoms with van der Waals surface area (Å²) in [6.45, 7) is 5.99. The summed E-state index contributed by atoms with van der Waals surface area (Å²) in [5.41, 5.74) is 7.02. The third-order valence-electron chi connectivity index (χ3n) is 2.42. The number of phenolic OH excluding ortho intramolecular Hbond substituents is 1. The van der Waals surface area contributed by atoms with Crippen molar-refractivity contribution < 1.29 is 5.11 Å². The number of phenols is 1. The summed E-state index contributed by atoms with van der Waals surface area (Å²) >= 11 is 0. The van der Waals surface area contributed by atoms with Gasteiger partial charge in [-0.1, -0.05) is 20.8 Å². The van der Waals surface area contributed by atoms with Gasteiger partial charge in [-0.3, -0.25) is 0 Å². The minimum atomic E-state index is -0.286. The lowest BCUT2D eigenvalue weighted by atomic mass is 9.82. The van der Waals surface area contributed by atoms with Crippen molar-refractivity contribution in [1.29, 1.82) is 5.26 Å². The molecule has 0 amide bonds. The SMILES string of the molecule is CC(C)(C)[C@H](N)c1cc(C#N)ccc1O.Cl. The van der Waals surface area contributed by atoms with E-state index in [1.165, 1.54) is 6.07 Å². The maximum atomic E-state index is 9.67. The maximum Gasteiger partial charge on any atom is 0.120 e. The highest BCUT2D eigenvalue weighted by Crippen LogP contribution is 2.35. The van der Waals surface area contributed by atoms with Crippen LogP contribution in [0.4, 0.5) is 0 Å². The molecular formula is C12H17ClN2O. The molecule has 1 aromatic carbocycles. The summed E-state index contributed by atoms with van der Waals surface area (Å²) in [5.74, 6) is 0.149. The van der Waals surface area contributed by atoms with Crippen LogP contribution in [0.2, 0.25) is 0 Å². The fourth-order valence-corrected chi connectivity index (χ4v) is 1.34. The molecule has 0 fully saturated rings. The van der Waals surface area contributed by atoms with Crippen molar-refractivity contribution in [3.8, 4) is 11.8 Å². The lowest BCUT2D eigenvalue weighted by Crippen LogP contribution is -2.26. The van der Waals surface area contributed by atoms with Gasteiger partial charge in [0.15, 0.2) is 0 Å². The third kappa shape index (κ3) is 3.13. The maximum absolute atomic E-state index is 9.67. The van der Waals surface area contributed by atoms with E-state index < -0.39 is 0 Å². The Morgan fingerprint density at radius 3 is 2.38 bits per heavy atom. The smallest absolute Gasteiger partial charge is 0.120 e. The molecule has 0 heterocycles. The quantitative estimate of drug-likeness (QED) is 0.793. The van der Waals surface area contributed by atoms with E-state index in [9.17, 15) is 5.11 Å². The standard InChI is InChI=1S/C12H16N2O.ClH/c1-12(2,3)11(14)9-6-8(7-13)4-5-10(9)15;/h4-6,11,15H,14H2,1-3H3;1H/t11-;/m1./s1. The van der Waals surface area contributed by atoms with Gasteiger partial charge in [0, 0.05) is 11.6 Å². The molecule has 1 aromatic rings. The molecule has 0 aliphatic rings. The minimum absolute atomic E-state index is 0. The number of nitriles is 1. The second-order valence-corrected chi connectivity index (χ2v) is 4.73. The summed E-state index contributed by atoms with van der Waals surface area (Å²) in [6, 6.07) is 6.48. The summed E-state index contributed by atoms with van der Waals surface area (Å²) in [5, 5.41) is 18.4. The normalized spacial score (nSPS) is 12.4. The van der Waals surface area contributed by atoms with Crippen LogP contribution in [-0.2, 0) is 0 Å². The molecule has 88 valence electrons. The van der Waals surface area contributed by atoms with Crippen LogP contribution in [-0.4, -0.2) is 5.11 Å². The van der Waals surface area contributed by atoms with E-state index in [4.69, 9.17) is 11.0 Å². The van der Waals surface area contributed by atoms with E-state index in [0.29, 0.717) is 11.1 Å². The molecule has 3 N–H and O–H groups in total. The van der Waals surface area contributed by atoms with Gasteiger partial charge in [-0.25, -0.2) is 0 Å². The third-order valence-corrected chi connectivity index (χ3v) is 2.42. The second kappa shape index (κ2) is 5.20. The topological polar surface area (TPSA) is 70.0 Å². The zero-order valence-electron chi connectivity index (χ0n) is 9.69. The van der Waals surface area contributed by atoms with E-state index in [-0.39, 0.29) is 29.6 Å². The molecule has 0 saturated heterocycles. The van der Waals surface area contributed by atoms with Crippen LogP contribution < -0.4 is 5.73 Å². The molecule has 0 aliphatic carbocycles. The number of hydrogen-bond donors (Lipinski definition) is 2. The summed E-state index contributed by atoms with van der Waals surface area (Å²) in [6.07, 6.45) is 0. The molecular weight excluding hydrogens is 224 g/mol. The Labute approximate surface area is 102 Å². The van der Waals surface area contributed by atoms with Crippen LogP contribution in [0.15, 0.2) is 18.2 Å². The summed E-state index contributed by atoms with van der Waals surface area (Å²) in [7, 11) is 0. The van der Waals surface area contributed by atoms with Crippen molar-refractivity contribution in [1.82, 2.24) is 0 Å². The van der Waals surface area contributed by atoms with Crippen molar-refractivity contribution in [2.75, 3.05) is 0 Å². The van der Waals surface area contributed by atoms with Crippen LogP contribution in [0.25, 0.3) is 0 Å². The van der Waals surface area contributed by atoms with Crippen LogP contribution >= 0.6 is 12.4 Å². The summed E-state index contributed by atoms with van der Waals surface area (Å²) in [4.78, 5) is 0. The molecule has 0 bridgehead atoms. The zero-order chi connectivity index (χ0) is 11.6. The molecule has 0 spiro atoms. The molecule has 3 nitrogen and oxygen atoms in total. The van der Waals surface area contributed by atoms with Gasteiger partial charge in [-0.05, 0) is 23.6 Å². The predicted octanol–water partition coefficient (Wildman–Crippen LogP) is 2.73. The van der Waals surface area contributed by atoms with Crippen molar-refractivity contribution >= 4 is 12.4 Å². The Bertz CT molecular complexity index is 404. The second-order valence-electron chi connectivity index (χ2n) is 4.73. The summed E-state index contributed by atoms with van der Waals surface area (Å²) < 4.78 is 0. The van der Waals surface area contributed by atoms with Crippen LogP contribution in [0.3, 0.4) is 0 Å². The van der Waals surface area contributed by atoms with Crippen molar-refractivity contribution in [2.45, 2.75) is 26.8 Å². The highest BCUT2D eigenvalue weighted by Gasteiger charge is 2.24. The first-order chi connectivity index (χ1) is 6.86. The molecule has 0 aliphatic heterocycles. The van der Waals surface area contributed by atoms with Gasteiger partial charge in [0.2, 0.25) is 0 Å².